The van der Waals surface area contributed by atoms with Crippen LogP contribution < -0.4 is 5.32 Å². The number of fused-ring (bicyclic) bond motifs is 2. The number of hydrogen-bond donors (Lipinski definition) is 1. The van der Waals surface area contributed by atoms with E-state index in [-0.39, 0.29) is 5.91 Å². The van der Waals surface area contributed by atoms with E-state index in [0.717, 1.165) is 10.1 Å². The SMILES string of the molecule is O=C(Nc1ccc(Cl)c(-c2nc3ncccc3o2)c1)c1sc2ccccc2c1Cl. The summed E-state index contributed by atoms with van der Waals surface area (Å²) in [6.45, 7) is 0. The third kappa shape index (κ3) is 3.25. The van der Waals surface area contributed by atoms with Crippen molar-refractivity contribution in [3.63, 3.8) is 0 Å². The number of benzene rings is 2. The lowest BCUT2D eigenvalue weighted by Crippen LogP contribution is -2.10. The van der Waals surface area contributed by atoms with Crippen molar-refractivity contribution in [2.45, 2.75) is 0 Å². The summed E-state index contributed by atoms with van der Waals surface area (Å²) in [7, 11) is 0. The molecule has 0 unspecified atom stereocenters. The molecular formula is C21H11Cl2N3O2S. The fraction of sp³-hybridized carbons (Fsp3) is 0. The van der Waals surface area contributed by atoms with Crippen LogP contribution >= 0.6 is 34.5 Å². The maximum atomic E-state index is 12.8. The molecule has 1 N–H and O–H groups in total. The molecule has 0 aliphatic heterocycles. The van der Waals surface area contributed by atoms with Crippen LogP contribution in [-0.2, 0) is 0 Å². The number of rotatable bonds is 3. The summed E-state index contributed by atoms with van der Waals surface area (Å²) in [5, 5.41) is 4.64. The van der Waals surface area contributed by atoms with Gasteiger partial charge in [-0.3, -0.25) is 4.79 Å². The maximum absolute atomic E-state index is 12.8. The Hall–Kier alpha value is -2.93. The van der Waals surface area contributed by atoms with Crippen LogP contribution in [0.3, 0.4) is 0 Å². The van der Waals surface area contributed by atoms with Crippen LogP contribution in [0.5, 0.6) is 0 Å². The van der Waals surface area contributed by atoms with Crippen molar-refractivity contribution in [1.29, 1.82) is 0 Å². The van der Waals surface area contributed by atoms with Gasteiger partial charge in [-0.2, -0.15) is 4.98 Å². The predicted octanol–water partition coefficient (Wildman–Crippen LogP) is 6.66. The first-order valence-corrected chi connectivity index (χ1v) is 10.2. The molecule has 2 aromatic carbocycles. The number of aromatic nitrogens is 2. The summed E-state index contributed by atoms with van der Waals surface area (Å²) in [5.41, 5.74) is 2.16. The Bertz CT molecular complexity index is 1360. The number of pyridine rings is 1. The van der Waals surface area contributed by atoms with Crippen molar-refractivity contribution < 1.29 is 9.21 Å². The quantitative estimate of drug-likeness (QED) is 0.341. The zero-order valence-corrected chi connectivity index (χ0v) is 17.0. The summed E-state index contributed by atoms with van der Waals surface area (Å²) >= 11 is 14.1. The smallest absolute Gasteiger partial charge is 0.267 e. The van der Waals surface area contributed by atoms with Crippen LogP contribution in [0, 0.1) is 0 Å². The standard InChI is InChI=1S/C21H11Cl2N3O2S/c22-14-8-7-11(10-13(14)21-26-19-15(28-21)5-3-9-24-19)25-20(27)18-17(23)12-4-1-2-6-16(12)29-18/h1-10H,(H,25,27). The molecule has 0 aliphatic carbocycles. The molecule has 0 aliphatic rings. The molecule has 5 nitrogen and oxygen atoms in total. The van der Waals surface area contributed by atoms with E-state index in [1.165, 1.54) is 11.3 Å². The van der Waals surface area contributed by atoms with E-state index in [1.807, 2.05) is 24.3 Å². The average Bonchev–Trinajstić information content (AvgIpc) is 3.31. The molecule has 8 heteroatoms. The van der Waals surface area contributed by atoms with Crippen LogP contribution in [0.25, 0.3) is 32.8 Å². The number of carbonyl (C=O) groups is 1. The van der Waals surface area contributed by atoms with Crippen LogP contribution in [-0.4, -0.2) is 15.9 Å². The van der Waals surface area contributed by atoms with Gasteiger partial charge in [0, 0.05) is 22.0 Å². The lowest BCUT2D eigenvalue weighted by atomic mass is 10.2. The lowest BCUT2D eigenvalue weighted by Gasteiger charge is -2.07. The highest BCUT2D eigenvalue weighted by Gasteiger charge is 2.18. The Morgan fingerprint density at radius 3 is 2.76 bits per heavy atom. The Kier molecular flexibility index (Phi) is 4.47. The number of thiophene rings is 1. The molecule has 3 heterocycles. The number of amides is 1. The highest BCUT2D eigenvalue weighted by Crippen LogP contribution is 2.36. The minimum absolute atomic E-state index is 0.288. The molecule has 0 spiro atoms. The predicted molar refractivity (Wildman–Crippen MR) is 117 cm³/mol. The Morgan fingerprint density at radius 2 is 1.93 bits per heavy atom. The molecule has 29 heavy (non-hydrogen) atoms. The minimum Gasteiger partial charge on any atom is -0.434 e. The van der Waals surface area contributed by atoms with Crippen molar-refractivity contribution in [3.8, 4) is 11.5 Å². The summed E-state index contributed by atoms with van der Waals surface area (Å²) < 4.78 is 6.71. The van der Waals surface area contributed by atoms with Crippen molar-refractivity contribution >= 4 is 67.4 Å². The van der Waals surface area contributed by atoms with Gasteiger partial charge >= 0.3 is 0 Å². The minimum atomic E-state index is -0.288. The van der Waals surface area contributed by atoms with Gasteiger partial charge in [0.05, 0.1) is 15.6 Å². The van der Waals surface area contributed by atoms with Crippen molar-refractivity contribution in [3.05, 3.63) is 75.7 Å². The van der Waals surface area contributed by atoms with Crippen LogP contribution in [0.15, 0.2) is 65.2 Å². The van der Waals surface area contributed by atoms with Gasteiger partial charge in [0.2, 0.25) is 5.89 Å². The van der Waals surface area contributed by atoms with E-state index in [2.05, 4.69) is 15.3 Å². The Labute approximate surface area is 178 Å². The van der Waals surface area contributed by atoms with Gasteiger partial charge in [-0.25, -0.2) is 4.98 Å². The van der Waals surface area contributed by atoms with E-state index >= 15 is 0 Å². The third-order valence-electron chi connectivity index (χ3n) is 4.36. The van der Waals surface area contributed by atoms with Gasteiger partial charge < -0.3 is 9.73 Å². The number of oxazole rings is 1. The zero-order chi connectivity index (χ0) is 20.0. The van der Waals surface area contributed by atoms with Crippen LogP contribution in [0.2, 0.25) is 10.0 Å². The topological polar surface area (TPSA) is 68.0 Å². The average molecular weight is 440 g/mol. The fourth-order valence-corrected chi connectivity index (χ4v) is 4.61. The molecule has 0 atom stereocenters. The molecular weight excluding hydrogens is 429 g/mol. The van der Waals surface area contributed by atoms with Gasteiger partial charge in [0.25, 0.3) is 5.91 Å². The first kappa shape index (κ1) is 18.1. The largest absolute Gasteiger partial charge is 0.434 e. The first-order valence-electron chi connectivity index (χ1n) is 8.60. The molecule has 5 aromatic rings. The molecule has 0 saturated heterocycles. The van der Waals surface area contributed by atoms with Gasteiger partial charge in [0.15, 0.2) is 11.2 Å². The van der Waals surface area contributed by atoms with Crippen molar-refractivity contribution in [1.82, 2.24) is 9.97 Å². The van der Waals surface area contributed by atoms with E-state index in [9.17, 15) is 4.79 Å². The van der Waals surface area contributed by atoms with E-state index < -0.39 is 0 Å². The number of carbonyl (C=O) groups excluding carboxylic acids is 1. The monoisotopic (exact) mass is 439 g/mol. The van der Waals surface area contributed by atoms with Crippen LogP contribution in [0.4, 0.5) is 5.69 Å². The Morgan fingerprint density at radius 1 is 1.07 bits per heavy atom. The fourth-order valence-electron chi connectivity index (χ4n) is 3.00. The zero-order valence-electron chi connectivity index (χ0n) is 14.6. The van der Waals surface area contributed by atoms with Crippen molar-refractivity contribution in [2.24, 2.45) is 0 Å². The van der Waals surface area contributed by atoms with Gasteiger partial charge in [-0.1, -0.05) is 41.4 Å². The second-order valence-electron chi connectivity index (χ2n) is 6.23. The number of hydrogen-bond acceptors (Lipinski definition) is 5. The van der Waals surface area contributed by atoms with E-state index in [4.69, 9.17) is 27.6 Å². The lowest BCUT2D eigenvalue weighted by molar-refractivity contribution is 0.103. The van der Waals surface area contributed by atoms with Gasteiger partial charge in [-0.05, 0) is 36.4 Å². The maximum Gasteiger partial charge on any atom is 0.267 e. The third-order valence-corrected chi connectivity index (χ3v) is 6.36. The second-order valence-corrected chi connectivity index (χ2v) is 8.07. The highest BCUT2D eigenvalue weighted by molar-refractivity contribution is 7.21. The number of anilines is 1. The van der Waals surface area contributed by atoms with E-state index in [0.29, 0.717) is 43.3 Å². The van der Waals surface area contributed by atoms with Gasteiger partial charge in [0.1, 0.15) is 4.88 Å². The molecule has 142 valence electrons. The second kappa shape index (κ2) is 7.15. The molecule has 3 aromatic heterocycles. The number of nitrogens with one attached hydrogen (secondary N) is 1. The molecule has 0 bridgehead atoms. The summed E-state index contributed by atoms with van der Waals surface area (Å²) in [6, 6.07) is 16.3. The molecule has 1 amide bonds. The highest BCUT2D eigenvalue weighted by atomic mass is 35.5. The Balaban J connectivity index is 1.49. The first-order chi connectivity index (χ1) is 14.1. The molecule has 0 fully saturated rings. The van der Waals surface area contributed by atoms with Crippen molar-refractivity contribution in [2.75, 3.05) is 5.32 Å². The number of nitrogens with zero attached hydrogens (tertiary/aromatic N) is 2. The van der Waals surface area contributed by atoms with Crippen LogP contribution in [0.1, 0.15) is 9.67 Å². The molecule has 0 radical (unpaired) electrons. The summed E-state index contributed by atoms with van der Waals surface area (Å²) in [6.07, 6.45) is 1.64. The van der Waals surface area contributed by atoms with E-state index in [1.54, 1.807) is 36.5 Å². The number of halogens is 2. The van der Waals surface area contributed by atoms with Gasteiger partial charge in [-0.15, -0.1) is 11.3 Å². The molecule has 0 saturated carbocycles. The normalized spacial score (nSPS) is 11.2. The molecule has 5 rings (SSSR count). The summed E-state index contributed by atoms with van der Waals surface area (Å²) in [4.78, 5) is 21.8. The summed E-state index contributed by atoms with van der Waals surface area (Å²) in [5.74, 6) is 0.0448.